The molecule has 0 radical (unpaired) electrons. The Morgan fingerprint density at radius 1 is 1.57 bits per heavy atom. The molecule has 1 aromatic rings. The molecule has 3 nitrogen and oxygen atoms in total. The van der Waals surface area contributed by atoms with E-state index in [-0.39, 0.29) is 0 Å². The molecule has 0 spiro atoms. The largest absolute Gasteiger partial charge is 0.496 e. The number of nitrogens with zero attached hydrogens (tertiary/aromatic N) is 1. The summed E-state index contributed by atoms with van der Waals surface area (Å²) in [6.45, 7) is 3.93. The van der Waals surface area contributed by atoms with Crippen molar-refractivity contribution in [2.45, 2.75) is 20.3 Å². The van der Waals surface area contributed by atoms with E-state index in [4.69, 9.17) is 22.7 Å². The highest BCUT2D eigenvalue weighted by Crippen LogP contribution is 2.23. The van der Waals surface area contributed by atoms with Crippen LogP contribution >= 0.6 is 12.2 Å². The van der Waals surface area contributed by atoms with Gasteiger partial charge in [-0.2, -0.15) is 0 Å². The molecular formula is C10H14N2OS. The topological polar surface area (TPSA) is 48.1 Å². The monoisotopic (exact) mass is 210 g/mol. The van der Waals surface area contributed by atoms with Crippen molar-refractivity contribution in [1.29, 1.82) is 0 Å². The van der Waals surface area contributed by atoms with Crippen LogP contribution in [0.2, 0.25) is 0 Å². The number of thiocarbonyl (C=S) groups is 1. The van der Waals surface area contributed by atoms with Crippen molar-refractivity contribution in [2.75, 3.05) is 7.11 Å². The minimum Gasteiger partial charge on any atom is -0.496 e. The molecule has 0 aliphatic rings. The standard InChI is InChI=1S/C10H14N2OS/c1-6-5-12-8(4-9(11)14)7(2)10(6)13-3/h5H,4H2,1-3H3,(H2,11,14). The van der Waals surface area contributed by atoms with Gasteiger partial charge in [0.25, 0.3) is 0 Å². The third-order valence-electron chi connectivity index (χ3n) is 2.09. The number of ether oxygens (including phenoxy) is 1. The Morgan fingerprint density at radius 3 is 2.71 bits per heavy atom. The predicted molar refractivity (Wildman–Crippen MR) is 60.8 cm³/mol. The molecule has 1 rings (SSSR count). The molecule has 0 aliphatic carbocycles. The highest BCUT2D eigenvalue weighted by atomic mass is 32.1. The van der Waals surface area contributed by atoms with Crippen LogP contribution in [-0.4, -0.2) is 17.1 Å². The molecule has 0 bridgehead atoms. The zero-order valence-corrected chi connectivity index (χ0v) is 9.44. The van der Waals surface area contributed by atoms with Crippen LogP contribution in [0, 0.1) is 13.8 Å². The van der Waals surface area contributed by atoms with Gasteiger partial charge in [0, 0.05) is 23.7 Å². The quantitative estimate of drug-likeness (QED) is 0.769. The van der Waals surface area contributed by atoms with Gasteiger partial charge in [-0.15, -0.1) is 0 Å². The lowest BCUT2D eigenvalue weighted by atomic mass is 10.1. The third-order valence-corrected chi connectivity index (χ3v) is 2.24. The molecule has 0 atom stereocenters. The Morgan fingerprint density at radius 2 is 2.21 bits per heavy atom. The maximum Gasteiger partial charge on any atom is 0.128 e. The maximum absolute atomic E-state index is 5.47. The summed E-state index contributed by atoms with van der Waals surface area (Å²) in [7, 11) is 1.65. The zero-order valence-electron chi connectivity index (χ0n) is 8.63. The summed E-state index contributed by atoms with van der Waals surface area (Å²) in [5.41, 5.74) is 8.40. The molecule has 0 aromatic carbocycles. The molecule has 0 unspecified atom stereocenters. The van der Waals surface area contributed by atoms with Crippen molar-refractivity contribution in [1.82, 2.24) is 4.98 Å². The van der Waals surface area contributed by atoms with E-state index >= 15 is 0 Å². The number of aryl methyl sites for hydroxylation is 1. The number of pyridine rings is 1. The van der Waals surface area contributed by atoms with Gasteiger partial charge in [-0.1, -0.05) is 12.2 Å². The summed E-state index contributed by atoms with van der Waals surface area (Å²) < 4.78 is 5.27. The second-order valence-electron chi connectivity index (χ2n) is 3.19. The SMILES string of the molecule is COc1c(C)cnc(CC(N)=S)c1C. The van der Waals surface area contributed by atoms with Crippen molar-refractivity contribution in [3.05, 3.63) is 23.0 Å². The molecule has 0 saturated carbocycles. The fourth-order valence-corrected chi connectivity index (χ4v) is 1.55. The number of hydrogen-bond donors (Lipinski definition) is 1. The van der Waals surface area contributed by atoms with Crippen molar-refractivity contribution in [3.63, 3.8) is 0 Å². The van der Waals surface area contributed by atoms with E-state index in [0.29, 0.717) is 11.4 Å². The lowest BCUT2D eigenvalue weighted by Gasteiger charge is -2.11. The second kappa shape index (κ2) is 4.37. The van der Waals surface area contributed by atoms with E-state index in [2.05, 4.69) is 4.98 Å². The first kappa shape index (κ1) is 10.9. The molecule has 76 valence electrons. The van der Waals surface area contributed by atoms with Crippen molar-refractivity contribution >= 4 is 17.2 Å². The number of rotatable bonds is 3. The summed E-state index contributed by atoms with van der Waals surface area (Å²) in [5, 5.41) is 0. The highest BCUT2D eigenvalue weighted by Gasteiger charge is 2.09. The van der Waals surface area contributed by atoms with Gasteiger partial charge in [0.1, 0.15) is 5.75 Å². The third kappa shape index (κ3) is 2.20. The molecule has 0 fully saturated rings. The van der Waals surface area contributed by atoms with Crippen LogP contribution < -0.4 is 10.5 Å². The van der Waals surface area contributed by atoms with Crippen molar-refractivity contribution < 1.29 is 4.74 Å². The predicted octanol–water partition coefficient (Wildman–Crippen LogP) is 1.54. The molecule has 0 amide bonds. The molecule has 2 N–H and O–H groups in total. The first-order valence-electron chi connectivity index (χ1n) is 4.33. The molecule has 14 heavy (non-hydrogen) atoms. The van der Waals surface area contributed by atoms with Gasteiger partial charge < -0.3 is 10.5 Å². The number of methoxy groups -OCH3 is 1. The number of hydrogen-bond acceptors (Lipinski definition) is 3. The lowest BCUT2D eigenvalue weighted by molar-refractivity contribution is 0.407. The van der Waals surface area contributed by atoms with Crippen LogP contribution in [0.25, 0.3) is 0 Å². The zero-order chi connectivity index (χ0) is 10.7. The first-order valence-corrected chi connectivity index (χ1v) is 4.74. The summed E-state index contributed by atoms with van der Waals surface area (Å²) in [5.74, 6) is 0.867. The molecular weight excluding hydrogens is 196 g/mol. The van der Waals surface area contributed by atoms with E-state index < -0.39 is 0 Å². The molecule has 0 saturated heterocycles. The van der Waals surface area contributed by atoms with E-state index in [1.165, 1.54) is 0 Å². The highest BCUT2D eigenvalue weighted by molar-refractivity contribution is 7.80. The van der Waals surface area contributed by atoms with Gasteiger partial charge in [-0.3, -0.25) is 4.98 Å². The molecule has 1 heterocycles. The van der Waals surface area contributed by atoms with E-state index in [9.17, 15) is 0 Å². The van der Waals surface area contributed by atoms with Crippen molar-refractivity contribution in [3.8, 4) is 5.75 Å². The van der Waals surface area contributed by atoms with E-state index in [1.807, 2.05) is 13.8 Å². The summed E-state index contributed by atoms with van der Waals surface area (Å²) >= 11 is 4.85. The minimum atomic E-state index is 0.450. The van der Waals surface area contributed by atoms with Gasteiger partial charge in [-0.05, 0) is 13.8 Å². The fraction of sp³-hybridized carbons (Fsp3) is 0.400. The van der Waals surface area contributed by atoms with E-state index in [1.54, 1.807) is 13.3 Å². The van der Waals surface area contributed by atoms with Gasteiger partial charge >= 0.3 is 0 Å². The van der Waals surface area contributed by atoms with Crippen LogP contribution in [0.3, 0.4) is 0 Å². The van der Waals surface area contributed by atoms with Gasteiger partial charge in [0.2, 0.25) is 0 Å². The first-order chi connectivity index (χ1) is 6.56. The fourth-order valence-electron chi connectivity index (χ4n) is 1.41. The average molecular weight is 210 g/mol. The molecule has 1 aromatic heterocycles. The van der Waals surface area contributed by atoms with Crippen LogP contribution in [0.5, 0.6) is 5.75 Å². The van der Waals surface area contributed by atoms with Gasteiger partial charge in [0.05, 0.1) is 17.8 Å². The van der Waals surface area contributed by atoms with Crippen LogP contribution in [0.15, 0.2) is 6.20 Å². The summed E-state index contributed by atoms with van der Waals surface area (Å²) in [6, 6.07) is 0. The van der Waals surface area contributed by atoms with Crippen LogP contribution in [-0.2, 0) is 6.42 Å². The smallest absolute Gasteiger partial charge is 0.128 e. The number of aromatic nitrogens is 1. The Kier molecular flexibility index (Phi) is 3.41. The Labute approximate surface area is 89.3 Å². The molecule has 0 aliphatic heterocycles. The Hall–Kier alpha value is -1.16. The Balaban J connectivity index is 3.14. The maximum atomic E-state index is 5.47. The van der Waals surface area contributed by atoms with E-state index in [0.717, 1.165) is 22.6 Å². The second-order valence-corrected chi connectivity index (χ2v) is 3.71. The normalized spacial score (nSPS) is 9.93. The lowest BCUT2D eigenvalue weighted by Crippen LogP contribution is -2.13. The Bertz CT molecular complexity index is 363. The molecule has 4 heteroatoms. The van der Waals surface area contributed by atoms with Crippen LogP contribution in [0.4, 0.5) is 0 Å². The number of nitrogens with two attached hydrogens (primary N) is 1. The van der Waals surface area contributed by atoms with Crippen LogP contribution in [0.1, 0.15) is 16.8 Å². The summed E-state index contributed by atoms with van der Waals surface area (Å²) in [4.78, 5) is 4.73. The van der Waals surface area contributed by atoms with Gasteiger partial charge in [0.15, 0.2) is 0 Å². The summed E-state index contributed by atoms with van der Waals surface area (Å²) in [6.07, 6.45) is 2.30. The average Bonchev–Trinajstić information content (AvgIpc) is 2.10. The van der Waals surface area contributed by atoms with Gasteiger partial charge in [-0.25, -0.2) is 0 Å². The van der Waals surface area contributed by atoms with Crippen molar-refractivity contribution in [2.24, 2.45) is 5.73 Å². The minimum absolute atomic E-state index is 0.450.